The smallest absolute Gasteiger partial charge is 0.408 e. The van der Waals surface area contributed by atoms with Crippen LogP contribution in [-0.4, -0.2) is 28.9 Å². The van der Waals surface area contributed by atoms with Gasteiger partial charge in [-0.2, -0.15) is 0 Å². The second-order valence-electron chi connectivity index (χ2n) is 7.50. The summed E-state index contributed by atoms with van der Waals surface area (Å²) < 4.78 is 6.79. The number of nitrogens with one attached hydrogen (secondary N) is 1. The van der Waals surface area contributed by atoms with Gasteiger partial charge in [-0.05, 0) is 45.4 Å². The van der Waals surface area contributed by atoms with E-state index in [1.807, 2.05) is 20.8 Å². The van der Waals surface area contributed by atoms with Crippen LogP contribution in [0.1, 0.15) is 65.7 Å². The maximum Gasteiger partial charge on any atom is 0.408 e. The van der Waals surface area contributed by atoms with Crippen molar-refractivity contribution in [2.24, 2.45) is 11.8 Å². The second-order valence-corrected chi connectivity index (χ2v) is 7.89. The first-order valence-corrected chi connectivity index (χ1v) is 8.86. The lowest BCUT2D eigenvalue weighted by atomic mass is 9.78. The van der Waals surface area contributed by atoms with Gasteiger partial charge in [0.25, 0.3) is 0 Å². The molecule has 1 aliphatic carbocycles. The number of thiol groups is 1. The Bertz CT molecular complexity index is 367. The Hall–Kier alpha value is -0.460. The van der Waals surface area contributed by atoms with E-state index in [2.05, 4.69) is 18.1 Å². The third-order valence-corrected chi connectivity index (χ3v) is 4.89. The zero-order valence-corrected chi connectivity index (χ0v) is 14.9. The summed E-state index contributed by atoms with van der Waals surface area (Å²) in [6.45, 7) is 6.26. The molecule has 6 heteroatoms. The molecule has 0 radical (unpaired) electrons. The average Bonchev–Trinajstić information content (AvgIpc) is 2.61. The molecule has 1 N–H and O–H groups in total. The highest BCUT2D eigenvalue weighted by atomic mass is 32.1. The monoisotopic (exact) mass is 330 g/mol. The molecule has 2 fully saturated rings. The molecule has 128 valence electrons. The highest BCUT2D eigenvalue weighted by Gasteiger charge is 2.31. The maximum absolute atomic E-state index is 11.9. The van der Waals surface area contributed by atoms with Gasteiger partial charge in [0.2, 0.25) is 0 Å². The van der Waals surface area contributed by atoms with Crippen LogP contribution >= 0.6 is 12.8 Å². The number of nitrogens with zero attached hydrogens (tertiary/aromatic N) is 1. The summed E-state index contributed by atoms with van der Waals surface area (Å²) in [4.78, 5) is 17.7. The molecule has 1 saturated carbocycles. The highest BCUT2D eigenvalue weighted by molar-refractivity contribution is 7.77. The van der Waals surface area contributed by atoms with Crippen LogP contribution in [-0.2, 0) is 9.57 Å². The Labute approximate surface area is 139 Å². The van der Waals surface area contributed by atoms with E-state index in [0.29, 0.717) is 12.5 Å². The molecular formula is C16H30N2O3S. The van der Waals surface area contributed by atoms with E-state index in [0.717, 1.165) is 18.8 Å². The number of alkyl carbamates (subject to hydrolysis) is 1. The van der Waals surface area contributed by atoms with Gasteiger partial charge in [0.05, 0.1) is 6.61 Å². The molecular weight excluding hydrogens is 300 g/mol. The third kappa shape index (κ3) is 5.63. The van der Waals surface area contributed by atoms with E-state index in [4.69, 9.17) is 9.57 Å². The van der Waals surface area contributed by atoms with Crippen LogP contribution in [0.15, 0.2) is 0 Å². The number of amides is 1. The molecule has 0 aromatic carbocycles. The first-order chi connectivity index (χ1) is 10.3. The normalized spacial score (nSPS) is 28.9. The van der Waals surface area contributed by atoms with Crippen molar-refractivity contribution in [3.05, 3.63) is 0 Å². The van der Waals surface area contributed by atoms with E-state index in [9.17, 15) is 4.79 Å². The van der Waals surface area contributed by atoms with Crippen molar-refractivity contribution in [3.63, 3.8) is 0 Å². The molecule has 1 saturated heterocycles. The van der Waals surface area contributed by atoms with Gasteiger partial charge in [0.15, 0.2) is 0 Å². The van der Waals surface area contributed by atoms with Gasteiger partial charge in [-0.3, -0.25) is 4.84 Å². The number of hydroxylamine groups is 1. The molecule has 22 heavy (non-hydrogen) atoms. The largest absolute Gasteiger partial charge is 0.444 e. The fourth-order valence-electron chi connectivity index (χ4n) is 3.38. The fraction of sp³-hybridized carbons (Fsp3) is 0.938. The fourth-order valence-corrected chi connectivity index (χ4v) is 3.62. The molecule has 2 aliphatic rings. The number of carbonyl (C=O) groups is 1. The Kier molecular flexibility index (Phi) is 6.41. The molecule has 1 amide bonds. The zero-order chi connectivity index (χ0) is 16.2. The standard InChI is InChI=1S/C16H30N2O3S/c1-16(2,3)21-15(19)17-14-10-9-13(11-20-18(14)22)12-7-5-4-6-8-12/h12-14,22H,4-11H2,1-3H3,(H,17,19)/t13-,14-/m1/s1. The lowest BCUT2D eigenvalue weighted by molar-refractivity contribution is -0.112. The summed E-state index contributed by atoms with van der Waals surface area (Å²) >= 11 is 4.36. The quantitative estimate of drug-likeness (QED) is 0.754. The molecule has 2 rings (SSSR count). The summed E-state index contributed by atoms with van der Waals surface area (Å²) in [6, 6.07) is 0. The highest BCUT2D eigenvalue weighted by Crippen LogP contribution is 2.34. The Morgan fingerprint density at radius 1 is 1.14 bits per heavy atom. The Morgan fingerprint density at radius 3 is 2.45 bits per heavy atom. The maximum atomic E-state index is 11.9. The predicted molar refractivity (Wildman–Crippen MR) is 89.2 cm³/mol. The van der Waals surface area contributed by atoms with Gasteiger partial charge in [0, 0.05) is 0 Å². The average molecular weight is 330 g/mol. The van der Waals surface area contributed by atoms with Crippen LogP contribution < -0.4 is 5.32 Å². The van der Waals surface area contributed by atoms with Crippen LogP contribution in [0.3, 0.4) is 0 Å². The topological polar surface area (TPSA) is 50.8 Å². The molecule has 0 bridgehead atoms. The van der Waals surface area contributed by atoms with Crippen LogP contribution in [0.4, 0.5) is 4.79 Å². The van der Waals surface area contributed by atoms with Crippen molar-refractivity contribution < 1.29 is 14.4 Å². The summed E-state index contributed by atoms with van der Waals surface area (Å²) in [5, 5.41) is 2.85. The van der Waals surface area contributed by atoms with Gasteiger partial charge >= 0.3 is 6.09 Å². The van der Waals surface area contributed by atoms with Gasteiger partial charge in [-0.25, -0.2) is 4.79 Å². The summed E-state index contributed by atoms with van der Waals surface area (Å²) in [5.41, 5.74) is -0.498. The van der Waals surface area contributed by atoms with Crippen molar-refractivity contribution in [2.75, 3.05) is 6.61 Å². The molecule has 0 spiro atoms. The van der Waals surface area contributed by atoms with Crippen molar-refractivity contribution in [2.45, 2.75) is 77.5 Å². The lowest BCUT2D eigenvalue weighted by Crippen LogP contribution is -2.45. The van der Waals surface area contributed by atoms with Crippen molar-refractivity contribution in [3.8, 4) is 0 Å². The van der Waals surface area contributed by atoms with Crippen molar-refractivity contribution >= 4 is 18.9 Å². The van der Waals surface area contributed by atoms with Crippen molar-refractivity contribution in [1.29, 1.82) is 0 Å². The number of hydrogen-bond acceptors (Lipinski definition) is 5. The Balaban J connectivity index is 1.85. The molecule has 1 aliphatic heterocycles. The van der Waals surface area contributed by atoms with E-state index in [1.165, 1.54) is 36.6 Å². The van der Waals surface area contributed by atoms with Gasteiger partial charge in [-0.15, -0.1) is 4.47 Å². The minimum absolute atomic E-state index is 0.244. The number of hydrogen-bond donors (Lipinski definition) is 2. The number of carbonyl (C=O) groups excluding carboxylic acids is 1. The predicted octanol–water partition coefficient (Wildman–Crippen LogP) is 3.91. The number of rotatable bonds is 2. The van der Waals surface area contributed by atoms with E-state index < -0.39 is 11.7 Å². The van der Waals surface area contributed by atoms with Gasteiger partial charge in [-0.1, -0.05) is 44.9 Å². The van der Waals surface area contributed by atoms with Crippen LogP contribution in [0, 0.1) is 11.8 Å². The second kappa shape index (κ2) is 7.88. The van der Waals surface area contributed by atoms with Gasteiger partial charge < -0.3 is 10.1 Å². The van der Waals surface area contributed by atoms with E-state index in [-0.39, 0.29) is 6.17 Å². The first kappa shape index (κ1) is 17.9. The molecule has 0 aromatic rings. The Morgan fingerprint density at radius 2 is 1.82 bits per heavy atom. The first-order valence-electron chi connectivity index (χ1n) is 8.46. The molecule has 0 aromatic heterocycles. The summed E-state index contributed by atoms with van der Waals surface area (Å²) in [7, 11) is 0. The molecule has 0 unspecified atom stereocenters. The zero-order valence-electron chi connectivity index (χ0n) is 14.0. The van der Waals surface area contributed by atoms with Crippen molar-refractivity contribution in [1.82, 2.24) is 9.79 Å². The summed E-state index contributed by atoms with van der Waals surface area (Å²) in [6.07, 6.45) is 7.90. The number of ether oxygens (including phenoxy) is 1. The van der Waals surface area contributed by atoms with Crippen LogP contribution in [0.25, 0.3) is 0 Å². The SMILES string of the molecule is CC(C)(C)OC(=O)N[C@H]1CC[C@@H](C2CCCCC2)CON1S. The third-order valence-electron chi connectivity index (χ3n) is 4.50. The van der Waals surface area contributed by atoms with E-state index in [1.54, 1.807) is 0 Å². The van der Waals surface area contributed by atoms with Crippen LogP contribution in [0.5, 0.6) is 0 Å². The minimum Gasteiger partial charge on any atom is -0.444 e. The van der Waals surface area contributed by atoms with Crippen LogP contribution in [0.2, 0.25) is 0 Å². The molecule has 5 nitrogen and oxygen atoms in total. The summed E-state index contributed by atoms with van der Waals surface area (Å²) in [5.74, 6) is 1.33. The van der Waals surface area contributed by atoms with E-state index >= 15 is 0 Å². The lowest BCUT2D eigenvalue weighted by Gasteiger charge is -2.28. The molecule has 1 heterocycles. The van der Waals surface area contributed by atoms with Gasteiger partial charge in [0.1, 0.15) is 11.8 Å². The molecule has 2 atom stereocenters. The minimum atomic E-state index is -0.498.